The molecular weight excluding hydrogens is 627 g/mol. The van der Waals surface area contributed by atoms with Crippen LogP contribution < -0.4 is 4.90 Å². The fourth-order valence-electron chi connectivity index (χ4n) is 7.87. The van der Waals surface area contributed by atoms with Crippen LogP contribution in [0.4, 0.5) is 17.1 Å². The minimum Gasteiger partial charge on any atom is -0.311 e. The van der Waals surface area contributed by atoms with E-state index < -0.39 is 0 Å². The van der Waals surface area contributed by atoms with E-state index in [0.717, 1.165) is 17.1 Å². The topological polar surface area (TPSA) is 3.24 Å². The number of rotatable bonds is 7. The van der Waals surface area contributed by atoms with Gasteiger partial charge >= 0.3 is 0 Å². The van der Waals surface area contributed by atoms with Crippen LogP contribution in [0.3, 0.4) is 0 Å². The number of hydrogen-bond donors (Lipinski definition) is 0. The molecule has 52 heavy (non-hydrogen) atoms. The third-order valence-corrected chi connectivity index (χ3v) is 10.7. The molecule has 0 unspecified atom stereocenters. The maximum absolute atomic E-state index is 2.41. The molecule has 1 heteroatoms. The van der Waals surface area contributed by atoms with Crippen molar-refractivity contribution in [1.29, 1.82) is 0 Å². The quantitative estimate of drug-likeness (QED) is 0.164. The number of hydrogen-bond acceptors (Lipinski definition) is 1. The number of allylic oxidation sites excluding steroid dienone is 1. The molecule has 0 spiro atoms. The largest absolute Gasteiger partial charge is 0.311 e. The molecule has 0 saturated carbocycles. The minimum absolute atomic E-state index is 0.0649. The lowest BCUT2D eigenvalue weighted by Crippen LogP contribution is -2.16. The lowest BCUT2D eigenvalue weighted by molar-refractivity contribution is 0.705. The molecule has 0 N–H and O–H groups in total. The van der Waals surface area contributed by atoms with Gasteiger partial charge in [-0.3, -0.25) is 0 Å². The van der Waals surface area contributed by atoms with Gasteiger partial charge in [0.2, 0.25) is 0 Å². The summed E-state index contributed by atoms with van der Waals surface area (Å²) in [4.78, 5) is 2.34. The lowest BCUT2D eigenvalue weighted by atomic mass is 9.78. The standard InChI is InChI=1S/C51H39N/c1-51(2)49-34-27-42-15-9-10-16-47(42)48(49)35-50(51)43-19-17-38(18-20-43)41-25-32-46(33-26-41)52(44-28-21-39(22-29-44)36-11-5-3-6-12-36)45-30-23-40(24-31-45)37-13-7-4-8-14-37/h3-35H,1-2H3. The summed E-state index contributed by atoms with van der Waals surface area (Å²) in [5.74, 6) is 0. The van der Waals surface area contributed by atoms with Crippen LogP contribution in [0, 0.1) is 0 Å². The maximum atomic E-state index is 2.41. The van der Waals surface area contributed by atoms with Crippen LogP contribution in [0.15, 0.2) is 194 Å². The van der Waals surface area contributed by atoms with Crippen LogP contribution >= 0.6 is 0 Å². The zero-order chi connectivity index (χ0) is 35.1. The van der Waals surface area contributed by atoms with Crippen molar-refractivity contribution in [3.8, 4) is 33.4 Å². The van der Waals surface area contributed by atoms with Crippen molar-refractivity contribution in [2.75, 3.05) is 4.90 Å². The Morgan fingerprint density at radius 3 is 1.21 bits per heavy atom. The molecule has 1 aliphatic rings. The van der Waals surface area contributed by atoms with E-state index in [1.807, 2.05) is 0 Å². The van der Waals surface area contributed by atoms with Crippen molar-refractivity contribution >= 4 is 39.5 Å². The molecular formula is C51H39N. The van der Waals surface area contributed by atoms with Gasteiger partial charge in [0.1, 0.15) is 0 Å². The fourth-order valence-corrected chi connectivity index (χ4v) is 7.87. The van der Waals surface area contributed by atoms with Crippen molar-refractivity contribution < 1.29 is 0 Å². The van der Waals surface area contributed by atoms with E-state index in [2.05, 4.69) is 219 Å². The van der Waals surface area contributed by atoms with Gasteiger partial charge in [0.05, 0.1) is 0 Å². The van der Waals surface area contributed by atoms with Gasteiger partial charge in [0.15, 0.2) is 0 Å². The average molecular weight is 666 g/mol. The summed E-state index contributed by atoms with van der Waals surface area (Å²) in [5.41, 5.74) is 15.9. The number of fused-ring (bicyclic) bond motifs is 3. The predicted molar refractivity (Wildman–Crippen MR) is 222 cm³/mol. The van der Waals surface area contributed by atoms with Gasteiger partial charge in [-0.25, -0.2) is 0 Å². The second-order valence-corrected chi connectivity index (χ2v) is 14.2. The molecule has 8 aromatic rings. The second kappa shape index (κ2) is 13.0. The predicted octanol–water partition coefficient (Wildman–Crippen LogP) is 14.1. The summed E-state index contributed by atoms with van der Waals surface area (Å²) in [7, 11) is 0. The van der Waals surface area contributed by atoms with Gasteiger partial charge in [0.25, 0.3) is 0 Å². The highest BCUT2D eigenvalue weighted by Gasteiger charge is 2.34. The number of anilines is 3. The zero-order valence-corrected chi connectivity index (χ0v) is 29.5. The van der Waals surface area contributed by atoms with E-state index in [1.165, 1.54) is 66.4 Å². The van der Waals surface area contributed by atoms with E-state index in [9.17, 15) is 0 Å². The third kappa shape index (κ3) is 5.71. The van der Waals surface area contributed by atoms with Gasteiger partial charge in [-0.15, -0.1) is 0 Å². The van der Waals surface area contributed by atoms with Crippen molar-refractivity contribution in [3.63, 3.8) is 0 Å². The van der Waals surface area contributed by atoms with Crippen molar-refractivity contribution in [2.24, 2.45) is 0 Å². The Kier molecular flexibility index (Phi) is 7.90. The third-order valence-electron chi connectivity index (χ3n) is 10.7. The Labute approximate surface area is 306 Å². The molecule has 0 heterocycles. The Morgan fingerprint density at radius 2 is 0.731 bits per heavy atom. The summed E-state index contributed by atoms with van der Waals surface area (Å²) in [6.45, 7) is 4.70. The molecule has 1 aliphatic carbocycles. The molecule has 0 aliphatic heterocycles. The first kappa shape index (κ1) is 31.5. The molecule has 0 aromatic heterocycles. The van der Waals surface area contributed by atoms with Gasteiger partial charge in [0, 0.05) is 22.5 Å². The van der Waals surface area contributed by atoms with E-state index in [1.54, 1.807) is 0 Å². The summed E-state index contributed by atoms with van der Waals surface area (Å²) in [5, 5.41) is 2.62. The van der Waals surface area contributed by atoms with E-state index in [0.29, 0.717) is 0 Å². The molecule has 0 bridgehead atoms. The van der Waals surface area contributed by atoms with Crippen LogP contribution in [-0.2, 0) is 5.41 Å². The van der Waals surface area contributed by atoms with Crippen LogP contribution in [0.25, 0.3) is 55.8 Å². The highest BCUT2D eigenvalue weighted by molar-refractivity contribution is 6.03. The first-order valence-corrected chi connectivity index (χ1v) is 18.1. The Morgan fingerprint density at radius 1 is 0.346 bits per heavy atom. The van der Waals surface area contributed by atoms with Crippen LogP contribution in [0.5, 0.6) is 0 Å². The maximum Gasteiger partial charge on any atom is 0.0462 e. The van der Waals surface area contributed by atoms with Crippen LogP contribution in [-0.4, -0.2) is 0 Å². The van der Waals surface area contributed by atoms with Crippen molar-refractivity contribution in [1.82, 2.24) is 0 Å². The normalized spacial score (nSPS) is 13.1. The van der Waals surface area contributed by atoms with Gasteiger partial charge in [-0.2, -0.15) is 0 Å². The average Bonchev–Trinajstić information content (AvgIpc) is 3.49. The number of nitrogens with zero attached hydrogens (tertiary/aromatic N) is 1. The Hall–Kier alpha value is -6.44. The zero-order valence-electron chi connectivity index (χ0n) is 29.5. The first-order chi connectivity index (χ1) is 25.5. The van der Waals surface area contributed by atoms with Crippen molar-refractivity contribution in [3.05, 3.63) is 211 Å². The molecule has 1 nitrogen and oxygen atoms in total. The molecule has 0 saturated heterocycles. The highest BCUT2D eigenvalue weighted by Crippen LogP contribution is 2.48. The van der Waals surface area contributed by atoms with Gasteiger partial charge in [-0.1, -0.05) is 172 Å². The van der Waals surface area contributed by atoms with Crippen molar-refractivity contribution in [2.45, 2.75) is 19.3 Å². The molecule has 9 rings (SSSR count). The smallest absolute Gasteiger partial charge is 0.0462 e. The number of benzene rings is 8. The van der Waals surface area contributed by atoms with Gasteiger partial charge in [-0.05, 0) is 109 Å². The molecule has 248 valence electrons. The van der Waals surface area contributed by atoms with E-state index in [-0.39, 0.29) is 5.41 Å². The monoisotopic (exact) mass is 665 g/mol. The van der Waals surface area contributed by atoms with E-state index in [4.69, 9.17) is 0 Å². The van der Waals surface area contributed by atoms with E-state index >= 15 is 0 Å². The summed E-state index contributed by atoms with van der Waals surface area (Å²) in [6, 6.07) is 70.3. The fraction of sp³-hybridized carbons (Fsp3) is 0.0588. The molecule has 0 atom stereocenters. The van der Waals surface area contributed by atoms with Crippen LogP contribution in [0.2, 0.25) is 0 Å². The SMILES string of the molecule is CC1(C)C(c2ccc(-c3ccc(N(c4ccc(-c5ccccc5)cc4)c4ccc(-c5ccccc5)cc4)cc3)cc2)=Cc2c1ccc1ccccc21. The van der Waals surface area contributed by atoms with Gasteiger partial charge < -0.3 is 4.90 Å². The second-order valence-electron chi connectivity index (χ2n) is 14.2. The Balaban J connectivity index is 1.03. The molecule has 0 amide bonds. The lowest BCUT2D eigenvalue weighted by Gasteiger charge is -2.26. The van der Waals surface area contributed by atoms with Crippen LogP contribution in [0.1, 0.15) is 30.5 Å². The Bertz CT molecular complexity index is 2440. The summed E-state index contributed by atoms with van der Waals surface area (Å²) in [6.07, 6.45) is 2.41. The summed E-state index contributed by atoms with van der Waals surface area (Å²) < 4.78 is 0. The minimum atomic E-state index is -0.0649. The molecule has 8 aromatic carbocycles. The molecule has 0 fully saturated rings. The summed E-state index contributed by atoms with van der Waals surface area (Å²) >= 11 is 0. The first-order valence-electron chi connectivity index (χ1n) is 18.1. The highest BCUT2D eigenvalue weighted by atomic mass is 15.1. The molecule has 0 radical (unpaired) electrons.